The lowest BCUT2D eigenvalue weighted by atomic mass is 10.1. The monoisotopic (exact) mass is 460 g/mol. The van der Waals surface area contributed by atoms with Gasteiger partial charge in [-0.25, -0.2) is 4.98 Å². The third kappa shape index (κ3) is 3.38. The molecule has 0 unspecified atom stereocenters. The van der Waals surface area contributed by atoms with E-state index >= 15 is 0 Å². The highest BCUT2D eigenvalue weighted by Gasteiger charge is 2.20. The molecule has 0 saturated heterocycles. The van der Waals surface area contributed by atoms with Crippen LogP contribution in [0, 0.1) is 11.3 Å². The van der Waals surface area contributed by atoms with Gasteiger partial charge in [0.1, 0.15) is 29.4 Å². The van der Waals surface area contributed by atoms with Crippen LogP contribution < -0.4 is 10.3 Å². The van der Waals surface area contributed by atoms with E-state index in [1.165, 1.54) is 4.52 Å². The van der Waals surface area contributed by atoms with Gasteiger partial charge in [0.25, 0.3) is 5.56 Å². The second-order valence-electron chi connectivity index (χ2n) is 7.10. The van der Waals surface area contributed by atoms with Crippen LogP contribution >= 0.6 is 23.2 Å². The van der Waals surface area contributed by atoms with E-state index in [0.717, 1.165) is 5.56 Å². The third-order valence-electron chi connectivity index (χ3n) is 5.11. The second-order valence-corrected chi connectivity index (χ2v) is 7.94. The number of hydrogen-bond acceptors (Lipinski definition) is 4. The van der Waals surface area contributed by atoms with Crippen molar-refractivity contribution in [3.05, 3.63) is 98.3 Å². The fourth-order valence-electron chi connectivity index (χ4n) is 3.60. The minimum atomic E-state index is -0.374. The zero-order valence-electron chi connectivity index (χ0n) is 16.5. The maximum absolute atomic E-state index is 13.4. The van der Waals surface area contributed by atoms with E-state index in [1.54, 1.807) is 36.4 Å². The molecule has 0 bridgehead atoms. The van der Waals surface area contributed by atoms with Gasteiger partial charge in [-0.2, -0.15) is 9.78 Å². The van der Waals surface area contributed by atoms with Gasteiger partial charge in [0.15, 0.2) is 5.65 Å². The Morgan fingerprint density at radius 2 is 1.88 bits per heavy atom. The van der Waals surface area contributed by atoms with Gasteiger partial charge in [-0.3, -0.25) is 9.89 Å². The molecule has 0 amide bonds. The molecule has 5 rings (SSSR count). The number of rotatable bonds is 4. The Bertz CT molecular complexity index is 1580. The van der Waals surface area contributed by atoms with Crippen LogP contribution in [0.15, 0.2) is 71.5 Å². The molecule has 3 aromatic carbocycles. The van der Waals surface area contributed by atoms with Gasteiger partial charge in [0.2, 0.25) is 0 Å². The SMILES string of the molecule is N#Cc1c(-c2ccc(Cl)cc2Cl)[nH]n2c(=O)c3c(OCc4ccccc4)cccc3nc12. The van der Waals surface area contributed by atoms with Crippen molar-refractivity contribution in [3.8, 4) is 23.1 Å². The van der Waals surface area contributed by atoms with Crippen LogP contribution in [0.25, 0.3) is 27.8 Å². The summed E-state index contributed by atoms with van der Waals surface area (Å²) in [6.45, 7) is 0.307. The van der Waals surface area contributed by atoms with E-state index in [-0.39, 0.29) is 16.8 Å². The van der Waals surface area contributed by atoms with Crippen LogP contribution in [0.3, 0.4) is 0 Å². The minimum absolute atomic E-state index is 0.212. The predicted octanol–water partition coefficient (Wildman–Crippen LogP) is 5.60. The third-order valence-corrected chi connectivity index (χ3v) is 5.65. The van der Waals surface area contributed by atoms with Crippen molar-refractivity contribution in [1.82, 2.24) is 14.6 Å². The number of aromatic amines is 1. The van der Waals surface area contributed by atoms with Crippen LogP contribution in [0.2, 0.25) is 10.0 Å². The number of nitrogens with one attached hydrogen (secondary N) is 1. The molecule has 5 aromatic rings. The molecule has 156 valence electrons. The smallest absolute Gasteiger partial charge is 0.284 e. The lowest BCUT2D eigenvalue weighted by Gasteiger charge is -2.09. The summed E-state index contributed by atoms with van der Waals surface area (Å²) in [5.41, 5.74) is 2.40. The molecule has 0 aliphatic heterocycles. The molecule has 2 heterocycles. The van der Waals surface area contributed by atoms with Crippen LogP contribution in [0.4, 0.5) is 0 Å². The van der Waals surface area contributed by atoms with E-state index < -0.39 is 0 Å². The summed E-state index contributed by atoms with van der Waals surface area (Å²) in [6.07, 6.45) is 0. The van der Waals surface area contributed by atoms with Crippen LogP contribution in [-0.4, -0.2) is 14.6 Å². The Morgan fingerprint density at radius 3 is 2.62 bits per heavy atom. The number of halogens is 2. The van der Waals surface area contributed by atoms with Gasteiger partial charge >= 0.3 is 0 Å². The Hall–Kier alpha value is -3.79. The Balaban J connectivity index is 1.70. The molecule has 0 aliphatic rings. The Kier molecular flexibility index (Phi) is 5.06. The highest BCUT2D eigenvalue weighted by molar-refractivity contribution is 6.36. The molecule has 32 heavy (non-hydrogen) atoms. The van der Waals surface area contributed by atoms with Crippen molar-refractivity contribution in [2.24, 2.45) is 0 Å². The average Bonchev–Trinajstić information content (AvgIpc) is 3.16. The summed E-state index contributed by atoms with van der Waals surface area (Å²) in [5, 5.41) is 13.9. The summed E-state index contributed by atoms with van der Waals surface area (Å²) in [5.74, 6) is 0.414. The average molecular weight is 461 g/mol. The van der Waals surface area contributed by atoms with E-state index in [1.807, 2.05) is 30.3 Å². The van der Waals surface area contributed by atoms with Gasteiger partial charge in [0.05, 0.1) is 16.2 Å². The lowest BCUT2D eigenvalue weighted by molar-refractivity contribution is 0.309. The number of hydrogen-bond donors (Lipinski definition) is 1. The van der Waals surface area contributed by atoms with Crippen LogP contribution in [0.1, 0.15) is 11.1 Å². The zero-order valence-corrected chi connectivity index (χ0v) is 18.0. The zero-order chi connectivity index (χ0) is 22.2. The molecular weight excluding hydrogens is 447 g/mol. The van der Waals surface area contributed by atoms with Gasteiger partial charge < -0.3 is 4.74 Å². The number of aromatic nitrogens is 3. The largest absolute Gasteiger partial charge is 0.488 e. The molecule has 0 radical (unpaired) electrons. The lowest BCUT2D eigenvalue weighted by Crippen LogP contribution is -2.16. The summed E-state index contributed by atoms with van der Waals surface area (Å²) >= 11 is 12.4. The van der Waals surface area contributed by atoms with Crippen molar-refractivity contribution < 1.29 is 4.74 Å². The first-order valence-corrected chi connectivity index (χ1v) is 10.4. The predicted molar refractivity (Wildman–Crippen MR) is 124 cm³/mol. The topological polar surface area (TPSA) is 83.2 Å². The number of nitriles is 1. The molecule has 0 saturated carbocycles. The summed E-state index contributed by atoms with van der Waals surface area (Å²) in [7, 11) is 0. The first kappa shape index (κ1) is 20.1. The van der Waals surface area contributed by atoms with Gasteiger partial charge in [-0.1, -0.05) is 59.6 Å². The summed E-state index contributed by atoms with van der Waals surface area (Å²) in [6, 6.07) is 21.9. The highest BCUT2D eigenvalue weighted by atomic mass is 35.5. The van der Waals surface area contributed by atoms with Gasteiger partial charge in [0, 0.05) is 10.6 Å². The summed E-state index contributed by atoms with van der Waals surface area (Å²) < 4.78 is 7.19. The van der Waals surface area contributed by atoms with Gasteiger partial charge in [-0.15, -0.1) is 0 Å². The van der Waals surface area contributed by atoms with Crippen LogP contribution in [0.5, 0.6) is 5.75 Å². The van der Waals surface area contributed by atoms with Crippen LogP contribution in [-0.2, 0) is 6.61 Å². The number of benzene rings is 3. The molecule has 2 aromatic heterocycles. The minimum Gasteiger partial charge on any atom is -0.488 e. The Labute approximate surface area is 192 Å². The molecule has 0 aliphatic carbocycles. The first-order chi connectivity index (χ1) is 15.6. The fourth-order valence-corrected chi connectivity index (χ4v) is 4.10. The number of fused-ring (bicyclic) bond motifs is 2. The van der Waals surface area contributed by atoms with E-state index in [0.29, 0.717) is 44.6 Å². The Morgan fingerprint density at radius 1 is 1.06 bits per heavy atom. The number of H-pyrrole nitrogens is 1. The van der Waals surface area contributed by atoms with Crippen molar-refractivity contribution in [1.29, 1.82) is 5.26 Å². The first-order valence-electron chi connectivity index (χ1n) is 9.66. The van der Waals surface area contributed by atoms with Crippen molar-refractivity contribution in [2.75, 3.05) is 0 Å². The van der Waals surface area contributed by atoms with Crippen molar-refractivity contribution in [3.63, 3.8) is 0 Å². The molecule has 8 heteroatoms. The fraction of sp³-hybridized carbons (Fsp3) is 0.0417. The highest BCUT2D eigenvalue weighted by Crippen LogP contribution is 2.33. The van der Waals surface area contributed by atoms with E-state index in [4.69, 9.17) is 27.9 Å². The molecule has 1 N–H and O–H groups in total. The molecule has 6 nitrogen and oxygen atoms in total. The quantitative estimate of drug-likeness (QED) is 0.378. The normalized spacial score (nSPS) is 11.0. The summed E-state index contributed by atoms with van der Waals surface area (Å²) in [4.78, 5) is 18.0. The van der Waals surface area contributed by atoms with Crippen molar-refractivity contribution >= 4 is 39.8 Å². The molecule has 0 atom stereocenters. The van der Waals surface area contributed by atoms with Gasteiger partial charge in [-0.05, 0) is 35.9 Å². The van der Waals surface area contributed by atoms with Crippen molar-refractivity contribution in [2.45, 2.75) is 6.61 Å². The number of ether oxygens (including phenoxy) is 1. The van der Waals surface area contributed by atoms with E-state index in [9.17, 15) is 10.1 Å². The molecular formula is C24H14Cl2N4O2. The standard InChI is InChI=1S/C24H14Cl2N4O2/c25-15-9-10-16(18(26)11-15)22-17(12-27)23-28-19-7-4-8-20(21(19)24(31)30(23)29-22)32-13-14-5-2-1-3-6-14/h1-11,29H,13H2. The van der Waals surface area contributed by atoms with E-state index in [2.05, 4.69) is 16.2 Å². The molecule has 0 spiro atoms. The number of nitrogens with zero attached hydrogens (tertiary/aromatic N) is 3. The molecule has 0 fully saturated rings. The maximum Gasteiger partial charge on any atom is 0.284 e. The second kappa shape index (κ2) is 8.04. The maximum atomic E-state index is 13.4.